The van der Waals surface area contributed by atoms with E-state index in [9.17, 15) is 9.90 Å². The van der Waals surface area contributed by atoms with Gasteiger partial charge in [0, 0.05) is 0 Å². The van der Waals surface area contributed by atoms with E-state index in [1.54, 1.807) is 0 Å². The molecule has 0 atom stereocenters. The summed E-state index contributed by atoms with van der Waals surface area (Å²) in [5, 5.41) is 9.27. The minimum absolute atomic E-state index is 0.350. The summed E-state index contributed by atoms with van der Waals surface area (Å²) in [7, 11) is 0. The second kappa shape index (κ2) is 5.53. The van der Waals surface area contributed by atoms with Gasteiger partial charge < -0.3 is 5.11 Å². The van der Waals surface area contributed by atoms with E-state index in [-0.39, 0.29) is 5.41 Å². The topological polar surface area (TPSA) is 37.3 Å². The molecule has 0 saturated heterocycles. The Bertz CT molecular complexity index is 203. The molecule has 0 aliphatic heterocycles. The molecule has 1 saturated carbocycles. The molecule has 0 aromatic carbocycles. The molecule has 0 amide bonds. The Hall–Kier alpha value is -0.530. The molecular formula is C13H24O2. The predicted molar refractivity (Wildman–Crippen MR) is 61.8 cm³/mol. The van der Waals surface area contributed by atoms with Crippen LogP contribution in [0.3, 0.4) is 0 Å². The first-order valence-corrected chi connectivity index (χ1v) is 6.30. The predicted octanol–water partition coefficient (Wildman–Crippen LogP) is 3.85. The third-order valence-electron chi connectivity index (χ3n) is 3.70. The maximum atomic E-state index is 11.3. The van der Waals surface area contributed by atoms with Crippen LogP contribution in [0.15, 0.2) is 0 Å². The zero-order valence-electron chi connectivity index (χ0n) is 10.1. The Morgan fingerprint density at radius 3 is 2.33 bits per heavy atom. The quantitative estimate of drug-likeness (QED) is 0.679. The molecule has 2 heteroatoms. The molecule has 1 rings (SSSR count). The van der Waals surface area contributed by atoms with Crippen molar-refractivity contribution in [3.63, 3.8) is 0 Å². The van der Waals surface area contributed by atoms with Crippen LogP contribution in [0, 0.1) is 11.3 Å². The van der Waals surface area contributed by atoms with Crippen LogP contribution >= 0.6 is 0 Å². The summed E-state index contributed by atoms with van der Waals surface area (Å²) in [5.41, 5.74) is -0.350. The van der Waals surface area contributed by atoms with Gasteiger partial charge in [0.2, 0.25) is 0 Å². The van der Waals surface area contributed by atoms with Crippen LogP contribution in [0.4, 0.5) is 0 Å². The van der Waals surface area contributed by atoms with E-state index in [4.69, 9.17) is 0 Å². The monoisotopic (exact) mass is 212 g/mol. The van der Waals surface area contributed by atoms with Crippen LogP contribution in [0.5, 0.6) is 0 Å². The highest BCUT2D eigenvalue weighted by atomic mass is 16.4. The van der Waals surface area contributed by atoms with Crippen LogP contribution in [-0.4, -0.2) is 11.1 Å². The minimum atomic E-state index is -0.551. The van der Waals surface area contributed by atoms with Gasteiger partial charge in [0.15, 0.2) is 0 Å². The van der Waals surface area contributed by atoms with Gasteiger partial charge in [-0.2, -0.15) is 0 Å². The molecule has 0 heterocycles. The van der Waals surface area contributed by atoms with Gasteiger partial charge in [0.25, 0.3) is 0 Å². The first-order valence-electron chi connectivity index (χ1n) is 6.30. The smallest absolute Gasteiger partial charge is 0.309 e. The molecule has 1 N–H and O–H groups in total. The number of carboxylic acid groups (broad SMARTS) is 1. The molecule has 1 aliphatic carbocycles. The Labute approximate surface area is 93.1 Å². The largest absolute Gasteiger partial charge is 0.481 e. The van der Waals surface area contributed by atoms with Crippen molar-refractivity contribution >= 4 is 5.97 Å². The van der Waals surface area contributed by atoms with Crippen LogP contribution in [0.25, 0.3) is 0 Å². The fourth-order valence-electron chi connectivity index (χ4n) is 2.64. The number of carbonyl (C=O) groups is 1. The van der Waals surface area contributed by atoms with E-state index < -0.39 is 5.97 Å². The van der Waals surface area contributed by atoms with Gasteiger partial charge in [-0.05, 0) is 25.2 Å². The third kappa shape index (κ3) is 3.51. The lowest BCUT2D eigenvalue weighted by atomic mass is 9.81. The van der Waals surface area contributed by atoms with Gasteiger partial charge >= 0.3 is 5.97 Å². The van der Waals surface area contributed by atoms with E-state index in [0.29, 0.717) is 0 Å². The highest BCUT2D eigenvalue weighted by molar-refractivity contribution is 5.74. The van der Waals surface area contributed by atoms with Crippen molar-refractivity contribution < 1.29 is 9.90 Å². The Morgan fingerprint density at radius 1 is 1.27 bits per heavy atom. The second-order valence-corrected chi connectivity index (χ2v) is 5.43. The van der Waals surface area contributed by atoms with E-state index in [2.05, 4.69) is 13.8 Å². The van der Waals surface area contributed by atoms with Gasteiger partial charge in [0.1, 0.15) is 0 Å². The molecule has 88 valence electrons. The van der Waals surface area contributed by atoms with Crippen molar-refractivity contribution in [2.75, 3.05) is 0 Å². The fraction of sp³-hybridized carbons (Fsp3) is 0.923. The summed E-state index contributed by atoms with van der Waals surface area (Å²) >= 11 is 0. The van der Waals surface area contributed by atoms with Crippen molar-refractivity contribution in [3.05, 3.63) is 0 Å². The fourth-order valence-corrected chi connectivity index (χ4v) is 2.64. The van der Waals surface area contributed by atoms with Gasteiger partial charge in [-0.1, -0.05) is 46.0 Å². The first-order chi connectivity index (χ1) is 7.07. The van der Waals surface area contributed by atoms with Gasteiger partial charge in [-0.15, -0.1) is 0 Å². The van der Waals surface area contributed by atoms with E-state index in [0.717, 1.165) is 44.4 Å². The number of unbranched alkanes of at least 4 members (excludes halogenated alkanes) is 1. The lowest BCUT2D eigenvalue weighted by Crippen LogP contribution is -2.27. The molecular weight excluding hydrogens is 188 g/mol. The van der Waals surface area contributed by atoms with Gasteiger partial charge in [-0.25, -0.2) is 0 Å². The average molecular weight is 212 g/mol. The average Bonchev–Trinajstić information content (AvgIpc) is 2.62. The van der Waals surface area contributed by atoms with Crippen molar-refractivity contribution in [1.29, 1.82) is 0 Å². The molecule has 15 heavy (non-hydrogen) atoms. The maximum Gasteiger partial charge on any atom is 0.309 e. The number of aliphatic carboxylic acids is 1. The maximum absolute atomic E-state index is 11.3. The highest BCUT2D eigenvalue weighted by Gasteiger charge is 2.40. The van der Waals surface area contributed by atoms with Gasteiger partial charge in [0.05, 0.1) is 5.41 Å². The zero-order valence-corrected chi connectivity index (χ0v) is 10.1. The number of hydrogen-bond donors (Lipinski definition) is 1. The summed E-state index contributed by atoms with van der Waals surface area (Å²) in [5.74, 6) is 0.193. The van der Waals surface area contributed by atoms with Crippen molar-refractivity contribution in [2.45, 2.75) is 65.2 Å². The van der Waals surface area contributed by atoms with E-state index >= 15 is 0 Å². The van der Waals surface area contributed by atoms with Crippen LogP contribution < -0.4 is 0 Å². The molecule has 1 aliphatic rings. The van der Waals surface area contributed by atoms with E-state index in [1.165, 1.54) is 12.8 Å². The SMILES string of the molecule is CC(C)CCCCC1(C(=O)O)CCCC1. The van der Waals surface area contributed by atoms with Crippen molar-refractivity contribution in [1.82, 2.24) is 0 Å². The first kappa shape index (κ1) is 12.5. The lowest BCUT2D eigenvalue weighted by Gasteiger charge is -2.23. The number of rotatable bonds is 6. The van der Waals surface area contributed by atoms with Gasteiger partial charge in [-0.3, -0.25) is 4.79 Å². The second-order valence-electron chi connectivity index (χ2n) is 5.43. The standard InChI is InChI=1S/C13H24O2/c1-11(2)7-3-4-8-13(12(14)15)9-5-6-10-13/h11H,3-10H2,1-2H3,(H,14,15). The van der Waals surface area contributed by atoms with Crippen LogP contribution in [0.1, 0.15) is 65.2 Å². The minimum Gasteiger partial charge on any atom is -0.481 e. The van der Waals surface area contributed by atoms with Crippen LogP contribution in [-0.2, 0) is 4.79 Å². The molecule has 0 aromatic rings. The summed E-state index contributed by atoms with van der Waals surface area (Å²) < 4.78 is 0. The molecule has 0 aromatic heterocycles. The molecule has 1 fully saturated rings. The Kier molecular flexibility index (Phi) is 4.62. The third-order valence-corrected chi connectivity index (χ3v) is 3.70. The highest BCUT2D eigenvalue weighted by Crippen LogP contribution is 2.42. The summed E-state index contributed by atoms with van der Waals surface area (Å²) in [6.07, 6.45) is 8.43. The molecule has 0 spiro atoms. The normalized spacial score (nSPS) is 19.7. The van der Waals surface area contributed by atoms with Crippen molar-refractivity contribution in [2.24, 2.45) is 11.3 Å². The molecule has 0 unspecified atom stereocenters. The van der Waals surface area contributed by atoms with Crippen LogP contribution in [0.2, 0.25) is 0 Å². The number of hydrogen-bond acceptors (Lipinski definition) is 1. The molecule has 0 radical (unpaired) electrons. The lowest BCUT2D eigenvalue weighted by molar-refractivity contribution is -0.149. The summed E-state index contributed by atoms with van der Waals surface area (Å²) in [6, 6.07) is 0. The summed E-state index contributed by atoms with van der Waals surface area (Å²) in [6.45, 7) is 4.45. The number of carboxylic acids is 1. The van der Waals surface area contributed by atoms with E-state index in [1.807, 2.05) is 0 Å². The summed E-state index contributed by atoms with van der Waals surface area (Å²) in [4.78, 5) is 11.3. The zero-order chi connectivity index (χ0) is 11.3. The molecule has 0 bridgehead atoms. The van der Waals surface area contributed by atoms with Crippen molar-refractivity contribution in [3.8, 4) is 0 Å². The Morgan fingerprint density at radius 2 is 1.87 bits per heavy atom. The Balaban J connectivity index is 2.30. The molecule has 2 nitrogen and oxygen atoms in total.